The first-order chi connectivity index (χ1) is 10.3. The van der Waals surface area contributed by atoms with Gasteiger partial charge < -0.3 is 4.57 Å². The molecule has 2 aromatic rings. The molecular formula is C17H24N4. The van der Waals surface area contributed by atoms with Gasteiger partial charge in [0.2, 0.25) is 0 Å². The summed E-state index contributed by atoms with van der Waals surface area (Å²) in [7, 11) is 0. The minimum absolute atomic E-state index is 0.689. The number of imidazole rings is 1. The Kier molecular flexibility index (Phi) is 4.65. The van der Waals surface area contributed by atoms with Crippen LogP contribution in [0, 0.1) is 6.92 Å². The first-order valence-electron chi connectivity index (χ1n) is 7.93. The van der Waals surface area contributed by atoms with Gasteiger partial charge >= 0.3 is 0 Å². The summed E-state index contributed by atoms with van der Waals surface area (Å²) in [5.41, 5.74) is 1.37. The molecule has 0 bridgehead atoms. The quantitative estimate of drug-likeness (QED) is 0.846. The number of piperidine rings is 1. The lowest BCUT2D eigenvalue weighted by Crippen LogP contribution is -2.39. The Morgan fingerprint density at radius 2 is 2.05 bits per heavy atom. The van der Waals surface area contributed by atoms with Crippen LogP contribution in [0.3, 0.4) is 0 Å². The summed E-state index contributed by atoms with van der Waals surface area (Å²) in [5, 5.41) is 0. The summed E-state index contributed by atoms with van der Waals surface area (Å²) in [4.78, 5) is 11.1. The highest BCUT2D eigenvalue weighted by Crippen LogP contribution is 2.22. The molecular weight excluding hydrogens is 260 g/mol. The van der Waals surface area contributed by atoms with Gasteiger partial charge in [-0.05, 0) is 50.4 Å². The summed E-state index contributed by atoms with van der Waals surface area (Å²) in [5.74, 6) is 1.12. The van der Waals surface area contributed by atoms with Crippen molar-refractivity contribution in [1.82, 2.24) is 19.4 Å². The van der Waals surface area contributed by atoms with Crippen molar-refractivity contribution in [2.24, 2.45) is 0 Å². The lowest BCUT2D eigenvalue weighted by molar-refractivity contribution is 0.128. The topological polar surface area (TPSA) is 34.0 Å². The summed E-state index contributed by atoms with van der Waals surface area (Å²) < 4.78 is 2.26. The van der Waals surface area contributed by atoms with E-state index in [0.29, 0.717) is 6.04 Å². The average molecular weight is 284 g/mol. The molecule has 1 unspecified atom stereocenters. The number of nitrogens with zero attached hydrogens (tertiary/aromatic N) is 4. The molecule has 2 aromatic heterocycles. The predicted molar refractivity (Wildman–Crippen MR) is 83.9 cm³/mol. The number of likely N-dealkylation sites (tertiary alicyclic amines) is 1. The zero-order chi connectivity index (χ0) is 14.5. The van der Waals surface area contributed by atoms with Crippen molar-refractivity contribution in [2.75, 3.05) is 6.54 Å². The van der Waals surface area contributed by atoms with E-state index in [1.54, 1.807) is 0 Å². The molecule has 112 valence electrons. The van der Waals surface area contributed by atoms with Crippen molar-refractivity contribution in [3.63, 3.8) is 0 Å². The molecule has 4 heteroatoms. The molecule has 1 saturated heterocycles. The van der Waals surface area contributed by atoms with Crippen LogP contribution in [0.1, 0.15) is 37.1 Å². The van der Waals surface area contributed by atoms with Crippen LogP contribution in [-0.2, 0) is 13.1 Å². The maximum Gasteiger partial charge on any atom is 0.105 e. The van der Waals surface area contributed by atoms with E-state index in [-0.39, 0.29) is 0 Å². The molecule has 0 N–H and O–H groups in total. The van der Waals surface area contributed by atoms with Crippen molar-refractivity contribution in [2.45, 2.75) is 51.7 Å². The van der Waals surface area contributed by atoms with E-state index in [2.05, 4.69) is 44.7 Å². The third-order valence-electron chi connectivity index (χ3n) is 4.51. The van der Waals surface area contributed by atoms with E-state index in [1.807, 2.05) is 18.6 Å². The summed E-state index contributed by atoms with van der Waals surface area (Å²) >= 11 is 0. The first kappa shape index (κ1) is 14.3. The molecule has 0 aromatic carbocycles. The molecule has 1 aliphatic heterocycles. The van der Waals surface area contributed by atoms with E-state index in [1.165, 1.54) is 37.8 Å². The van der Waals surface area contributed by atoms with Crippen molar-refractivity contribution >= 4 is 0 Å². The molecule has 3 heterocycles. The van der Waals surface area contributed by atoms with Gasteiger partial charge in [-0.3, -0.25) is 9.88 Å². The summed E-state index contributed by atoms with van der Waals surface area (Å²) in [6.07, 6.45) is 13.0. The largest absolute Gasteiger partial charge is 0.335 e. The van der Waals surface area contributed by atoms with Gasteiger partial charge in [-0.1, -0.05) is 6.42 Å². The molecule has 1 aliphatic rings. The molecule has 1 fully saturated rings. The molecule has 0 saturated carbocycles. The van der Waals surface area contributed by atoms with E-state index < -0.39 is 0 Å². The van der Waals surface area contributed by atoms with E-state index >= 15 is 0 Å². The molecule has 0 radical (unpaired) electrons. The van der Waals surface area contributed by atoms with Crippen LogP contribution in [0.15, 0.2) is 36.9 Å². The number of hydrogen-bond acceptors (Lipinski definition) is 3. The zero-order valence-corrected chi connectivity index (χ0v) is 12.8. The fourth-order valence-corrected chi connectivity index (χ4v) is 3.25. The van der Waals surface area contributed by atoms with Gasteiger partial charge in [-0.25, -0.2) is 4.98 Å². The fraction of sp³-hybridized carbons (Fsp3) is 0.529. The SMILES string of the molecule is Cc1nccn1CCC1CCCCN1Cc1ccncc1. The van der Waals surface area contributed by atoms with Crippen LogP contribution < -0.4 is 0 Å². The molecule has 3 rings (SSSR count). The zero-order valence-electron chi connectivity index (χ0n) is 12.8. The van der Waals surface area contributed by atoms with Gasteiger partial charge in [0, 0.05) is 43.9 Å². The predicted octanol–water partition coefficient (Wildman–Crippen LogP) is 3.03. The number of aromatic nitrogens is 3. The number of pyridine rings is 1. The van der Waals surface area contributed by atoms with E-state index in [9.17, 15) is 0 Å². The van der Waals surface area contributed by atoms with Crippen molar-refractivity contribution in [3.05, 3.63) is 48.3 Å². The van der Waals surface area contributed by atoms with Crippen LogP contribution in [0.25, 0.3) is 0 Å². The minimum atomic E-state index is 0.689. The van der Waals surface area contributed by atoms with Gasteiger partial charge in [0.15, 0.2) is 0 Å². The maximum absolute atomic E-state index is 4.31. The van der Waals surface area contributed by atoms with Gasteiger partial charge in [0.1, 0.15) is 5.82 Å². The summed E-state index contributed by atoms with van der Waals surface area (Å²) in [6, 6.07) is 4.95. The third-order valence-corrected chi connectivity index (χ3v) is 4.51. The van der Waals surface area contributed by atoms with Crippen LogP contribution in [-0.4, -0.2) is 32.0 Å². The van der Waals surface area contributed by atoms with Gasteiger partial charge in [-0.2, -0.15) is 0 Å². The highest BCUT2D eigenvalue weighted by molar-refractivity contribution is 5.09. The third kappa shape index (κ3) is 3.70. The highest BCUT2D eigenvalue weighted by atomic mass is 15.2. The standard InChI is InChI=1S/C17H24N4/c1-15-19-10-13-20(15)12-7-17-4-2-3-11-21(17)14-16-5-8-18-9-6-16/h5-6,8-10,13,17H,2-4,7,11-12,14H2,1H3. The van der Waals surface area contributed by atoms with Crippen LogP contribution in [0.4, 0.5) is 0 Å². The second kappa shape index (κ2) is 6.85. The van der Waals surface area contributed by atoms with E-state index in [0.717, 1.165) is 18.9 Å². The Morgan fingerprint density at radius 3 is 2.81 bits per heavy atom. The number of rotatable bonds is 5. The lowest BCUT2D eigenvalue weighted by atomic mass is 9.98. The molecule has 21 heavy (non-hydrogen) atoms. The lowest BCUT2D eigenvalue weighted by Gasteiger charge is -2.36. The Balaban J connectivity index is 1.60. The highest BCUT2D eigenvalue weighted by Gasteiger charge is 2.22. The fourth-order valence-electron chi connectivity index (χ4n) is 3.25. The summed E-state index contributed by atoms with van der Waals surface area (Å²) in [6.45, 7) is 5.42. The van der Waals surface area contributed by atoms with Crippen molar-refractivity contribution in [1.29, 1.82) is 0 Å². The van der Waals surface area contributed by atoms with Crippen molar-refractivity contribution < 1.29 is 0 Å². The average Bonchev–Trinajstić information content (AvgIpc) is 2.93. The number of hydrogen-bond donors (Lipinski definition) is 0. The van der Waals surface area contributed by atoms with Crippen LogP contribution >= 0.6 is 0 Å². The second-order valence-electron chi connectivity index (χ2n) is 5.93. The van der Waals surface area contributed by atoms with Gasteiger partial charge in [0.25, 0.3) is 0 Å². The smallest absolute Gasteiger partial charge is 0.105 e. The Hall–Kier alpha value is -1.68. The maximum atomic E-state index is 4.31. The molecule has 0 aliphatic carbocycles. The molecule has 1 atom stereocenters. The molecule has 0 spiro atoms. The van der Waals surface area contributed by atoms with E-state index in [4.69, 9.17) is 0 Å². The minimum Gasteiger partial charge on any atom is -0.335 e. The monoisotopic (exact) mass is 284 g/mol. The second-order valence-corrected chi connectivity index (χ2v) is 5.93. The number of aryl methyl sites for hydroxylation is 2. The van der Waals surface area contributed by atoms with Crippen LogP contribution in [0.5, 0.6) is 0 Å². The van der Waals surface area contributed by atoms with Crippen molar-refractivity contribution in [3.8, 4) is 0 Å². The normalized spacial score (nSPS) is 19.8. The molecule has 4 nitrogen and oxygen atoms in total. The molecule has 0 amide bonds. The van der Waals surface area contributed by atoms with Crippen LogP contribution in [0.2, 0.25) is 0 Å². The van der Waals surface area contributed by atoms with Gasteiger partial charge in [-0.15, -0.1) is 0 Å². The Bertz CT molecular complexity index is 549. The Morgan fingerprint density at radius 1 is 1.19 bits per heavy atom. The first-order valence-corrected chi connectivity index (χ1v) is 7.93. The Labute approximate surface area is 126 Å². The van der Waals surface area contributed by atoms with Gasteiger partial charge in [0.05, 0.1) is 0 Å².